The van der Waals surface area contributed by atoms with Gasteiger partial charge in [0.2, 0.25) is 0 Å². The highest BCUT2D eigenvalue weighted by molar-refractivity contribution is 6.45. The summed E-state index contributed by atoms with van der Waals surface area (Å²) < 4.78 is 5.42. The van der Waals surface area contributed by atoms with Gasteiger partial charge in [0.1, 0.15) is 23.2 Å². The summed E-state index contributed by atoms with van der Waals surface area (Å²) in [6.07, 6.45) is 3.83. The number of fused-ring (bicyclic) bond motifs is 3. The molecule has 0 saturated carbocycles. The molecule has 2 aliphatic carbocycles. The molecule has 0 radical (unpaired) electrons. The summed E-state index contributed by atoms with van der Waals surface area (Å²) in [6.45, 7) is 1.86. The van der Waals surface area contributed by atoms with Gasteiger partial charge in [-0.25, -0.2) is 0 Å². The van der Waals surface area contributed by atoms with Crippen molar-refractivity contribution in [1.29, 1.82) is 5.41 Å². The molecular formula is C18H19Cl3N2O3. The molecule has 0 saturated heterocycles. The van der Waals surface area contributed by atoms with E-state index in [0.717, 1.165) is 6.42 Å². The normalized spacial score (nSPS) is 20.8. The average Bonchev–Trinajstić information content (AvgIpc) is 2.79. The second-order valence-electron chi connectivity index (χ2n) is 6.42. The van der Waals surface area contributed by atoms with Gasteiger partial charge in [0.05, 0.1) is 10.4 Å². The zero-order valence-corrected chi connectivity index (χ0v) is 16.5. The molecule has 1 aromatic rings. The van der Waals surface area contributed by atoms with Crippen LogP contribution in [0.3, 0.4) is 0 Å². The van der Waals surface area contributed by atoms with Crippen LogP contribution in [-0.2, 0) is 4.79 Å². The SMILES string of the molecule is CCCC12CCC(=O)C=C1c1c(cc(OCC(=N)N)c(Cl)c1Cl)C2=O.Cl. The van der Waals surface area contributed by atoms with Crippen LogP contribution in [0.25, 0.3) is 5.57 Å². The zero-order valence-electron chi connectivity index (χ0n) is 14.2. The Morgan fingerprint density at radius 3 is 2.65 bits per heavy atom. The molecule has 0 aliphatic heterocycles. The van der Waals surface area contributed by atoms with Crippen molar-refractivity contribution in [2.75, 3.05) is 6.61 Å². The number of nitrogens with two attached hydrogens (primary N) is 1. The fourth-order valence-electron chi connectivity index (χ4n) is 3.75. The standard InChI is InChI=1S/C18H18Cl2N2O3.ClH/c1-2-4-18-5-3-9(23)6-11(18)14-10(17(18)24)7-12(15(19)16(14)20)25-8-13(21)22;/h6-7H,2-5,8H2,1H3,(H3,21,22);1H. The van der Waals surface area contributed by atoms with Gasteiger partial charge in [-0.3, -0.25) is 15.0 Å². The van der Waals surface area contributed by atoms with Crippen LogP contribution < -0.4 is 10.5 Å². The molecule has 3 rings (SSSR count). The highest BCUT2D eigenvalue weighted by Crippen LogP contribution is 2.57. The summed E-state index contributed by atoms with van der Waals surface area (Å²) in [5.41, 5.74) is 6.23. The summed E-state index contributed by atoms with van der Waals surface area (Å²) >= 11 is 12.8. The Balaban J connectivity index is 0.00000243. The third kappa shape index (κ3) is 3.13. The summed E-state index contributed by atoms with van der Waals surface area (Å²) in [6, 6.07) is 1.55. The van der Waals surface area contributed by atoms with Gasteiger partial charge in [0, 0.05) is 17.5 Å². The number of Topliss-reactive ketones (excluding diaryl/α,β-unsaturated/α-hetero) is 1. The van der Waals surface area contributed by atoms with Gasteiger partial charge in [-0.15, -0.1) is 12.4 Å². The van der Waals surface area contributed by atoms with E-state index in [1.807, 2.05) is 6.92 Å². The summed E-state index contributed by atoms with van der Waals surface area (Å²) in [5, 5.41) is 7.62. The molecule has 0 heterocycles. The summed E-state index contributed by atoms with van der Waals surface area (Å²) in [7, 11) is 0. The molecule has 0 fully saturated rings. The van der Waals surface area contributed by atoms with Gasteiger partial charge in [-0.05, 0) is 30.6 Å². The molecule has 1 unspecified atom stereocenters. The Labute approximate surface area is 167 Å². The van der Waals surface area contributed by atoms with Crippen LogP contribution in [0, 0.1) is 10.8 Å². The zero-order chi connectivity index (χ0) is 18.4. The molecule has 0 bridgehead atoms. The van der Waals surface area contributed by atoms with Crippen molar-refractivity contribution in [3.63, 3.8) is 0 Å². The van der Waals surface area contributed by atoms with Gasteiger partial charge >= 0.3 is 0 Å². The number of hydrogen-bond donors (Lipinski definition) is 2. The van der Waals surface area contributed by atoms with Crippen LogP contribution in [-0.4, -0.2) is 24.0 Å². The molecule has 26 heavy (non-hydrogen) atoms. The van der Waals surface area contributed by atoms with Crippen molar-refractivity contribution >= 4 is 58.6 Å². The molecule has 2 aliphatic rings. The number of rotatable bonds is 5. The van der Waals surface area contributed by atoms with Crippen LogP contribution in [0.15, 0.2) is 12.1 Å². The molecule has 0 amide bonds. The average molecular weight is 418 g/mol. The first-order chi connectivity index (χ1) is 11.8. The van der Waals surface area contributed by atoms with E-state index in [-0.39, 0.29) is 52.2 Å². The Morgan fingerprint density at radius 2 is 2.04 bits per heavy atom. The Kier molecular flexibility index (Phi) is 6.06. The number of nitrogens with one attached hydrogen (secondary N) is 1. The van der Waals surface area contributed by atoms with Crippen molar-refractivity contribution in [3.8, 4) is 5.75 Å². The second kappa shape index (κ2) is 7.59. The Hall–Kier alpha value is -1.56. The van der Waals surface area contributed by atoms with Gasteiger partial charge in [-0.1, -0.05) is 36.5 Å². The molecule has 3 N–H and O–H groups in total. The Morgan fingerprint density at radius 1 is 1.35 bits per heavy atom. The molecule has 0 spiro atoms. The fourth-order valence-corrected chi connectivity index (χ4v) is 4.25. The minimum atomic E-state index is -0.711. The van der Waals surface area contributed by atoms with Crippen LogP contribution in [0.4, 0.5) is 0 Å². The first kappa shape index (κ1) is 20.7. The molecule has 1 atom stereocenters. The third-order valence-electron chi connectivity index (χ3n) is 4.80. The third-order valence-corrected chi connectivity index (χ3v) is 5.65. The molecule has 1 aromatic carbocycles. The minimum absolute atomic E-state index is 0. The quantitative estimate of drug-likeness (QED) is 0.546. The predicted molar refractivity (Wildman–Crippen MR) is 105 cm³/mol. The van der Waals surface area contributed by atoms with Crippen LogP contribution in [0.1, 0.15) is 48.5 Å². The largest absolute Gasteiger partial charge is 0.484 e. The van der Waals surface area contributed by atoms with Gasteiger partial charge in [0.25, 0.3) is 0 Å². The van der Waals surface area contributed by atoms with Crippen molar-refractivity contribution in [2.24, 2.45) is 11.1 Å². The van der Waals surface area contributed by atoms with Crippen molar-refractivity contribution < 1.29 is 14.3 Å². The van der Waals surface area contributed by atoms with Crippen LogP contribution in [0.5, 0.6) is 5.75 Å². The summed E-state index contributed by atoms with van der Waals surface area (Å²) in [4.78, 5) is 25.2. The number of hydrogen-bond acceptors (Lipinski definition) is 4. The number of ether oxygens (including phenoxy) is 1. The number of benzene rings is 1. The van der Waals surface area contributed by atoms with E-state index >= 15 is 0 Å². The number of carbonyl (C=O) groups is 2. The van der Waals surface area contributed by atoms with Crippen LogP contribution in [0.2, 0.25) is 10.0 Å². The molecular weight excluding hydrogens is 399 g/mol. The van der Waals surface area contributed by atoms with Crippen molar-refractivity contribution in [1.82, 2.24) is 0 Å². The number of allylic oxidation sites excluding steroid dienone is 2. The number of amidine groups is 1. The van der Waals surface area contributed by atoms with E-state index in [1.54, 1.807) is 12.1 Å². The summed E-state index contributed by atoms with van der Waals surface area (Å²) in [5.74, 6) is -0.00422. The van der Waals surface area contributed by atoms with E-state index in [1.165, 1.54) is 0 Å². The second-order valence-corrected chi connectivity index (χ2v) is 7.18. The highest BCUT2D eigenvalue weighted by atomic mass is 35.5. The highest BCUT2D eigenvalue weighted by Gasteiger charge is 2.51. The minimum Gasteiger partial charge on any atom is -0.484 e. The van der Waals surface area contributed by atoms with E-state index in [2.05, 4.69) is 0 Å². The van der Waals surface area contributed by atoms with E-state index in [0.29, 0.717) is 36.0 Å². The van der Waals surface area contributed by atoms with Gasteiger partial charge in [0.15, 0.2) is 11.6 Å². The lowest BCUT2D eigenvalue weighted by Crippen LogP contribution is -2.31. The van der Waals surface area contributed by atoms with Crippen molar-refractivity contribution in [3.05, 3.63) is 33.3 Å². The predicted octanol–water partition coefficient (Wildman–Crippen LogP) is 4.46. The smallest absolute Gasteiger partial charge is 0.174 e. The van der Waals surface area contributed by atoms with Crippen molar-refractivity contribution in [2.45, 2.75) is 32.6 Å². The molecule has 5 nitrogen and oxygen atoms in total. The van der Waals surface area contributed by atoms with Gasteiger partial charge in [-0.2, -0.15) is 0 Å². The van der Waals surface area contributed by atoms with Gasteiger partial charge < -0.3 is 10.5 Å². The van der Waals surface area contributed by atoms with E-state index < -0.39 is 5.41 Å². The lowest BCUT2D eigenvalue weighted by molar-refractivity contribution is -0.115. The molecule has 8 heteroatoms. The number of halogens is 3. The maximum atomic E-state index is 13.2. The number of carbonyl (C=O) groups excluding carboxylic acids is 2. The number of ketones is 2. The first-order valence-electron chi connectivity index (χ1n) is 8.09. The maximum Gasteiger partial charge on any atom is 0.174 e. The molecule has 140 valence electrons. The topological polar surface area (TPSA) is 93.2 Å². The maximum absolute atomic E-state index is 13.2. The van der Waals surface area contributed by atoms with Crippen LogP contribution >= 0.6 is 35.6 Å². The van der Waals surface area contributed by atoms with E-state index in [4.69, 9.17) is 39.1 Å². The Bertz CT molecular complexity index is 835. The monoisotopic (exact) mass is 416 g/mol. The van der Waals surface area contributed by atoms with E-state index in [9.17, 15) is 9.59 Å². The lowest BCUT2D eigenvalue weighted by atomic mass is 9.69. The fraction of sp³-hybridized carbons (Fsp3) is 0.389. The lowest BCUT2D eigenvalue weighted by Gasteiger charge is -2.31. The first-order valence-corrected chi connectivity index (χ1v) is 8.85. The molecule has 0 aromatic heterocycles.